The fourth-order valence-electron chi connectivity index (χ4n) is 2.96. The molecule has 1 N–H and O–H groups in total. The van der Waals surface area contributed by atoms with Gasteiger partial charge in [-0.2, -0.15) is 0 Å². The first-order valence-corrected chi connectivity index (χ1v) is 8.78. The Labute approximate surface area is 139 Å². The average Bonchev–Trinajstić information content (AvgIpc) is 3.12. The predicted octanol–water partition coefficient (Wildman–Crippen LogP) is 2.99. The van der Waals surface area contributed by atoms with Crippen LogP contribution in [0.2, 0.25) is 0 Å². The van der Waals surface area contributed by atoms with E-state index in [4.69, 9.17) is 9.47 Å². The van der Waals surface area contributed by atoms with Crippen molar-refractivity contribution < 1.29 is 13.9 Å². The minimum absolute atomic E-state index is 0.220. The normalized spacial score (nSPS) is 21.6. The first-order valence-electron chi connectivity index (χ1n) is 8.78. The predicted molar refractivity (Wildman–Crippen MR) is 90.5 cm³/mol. The summed E-state index contributed by atoms with van der Waals surface area (Å²) in [5, 5.41) is 3.39. The van der Waals surface area contributed by atoms with Crippen LogP contribution in [0.15, 0.2) is 18.2 Å². The largest absolute Gasteiger partial charge is 0.492 e. The van der Waals surface area contributed by atoms with Crippen LogP contribution in [0.1, 0.15) is 38.3 Å². The van der Waals surface area contributed by atoms with Crippen LogP contribution in [0.25, 0.3) is 0 Å². The fraction of sp³-hybridized carbons (Fsp3) is 0.667. The van der Waals surface area contributed by atoms with Gasteiger partial charge in [0, 0.05) is 31.7 Å². The zero-order valence-electron chi connectivity index (χ0n) is 14.3. The van der Waals surface area contributed by atoms with Crippen LogP contribution in [-0.4, -0.2) is 50.9 Å². The summed E-state index contributed by atoms with van der Waals surface area (Å²) in [5.41, 5.74) is 0.994. The van der Waals surface area contributed by atoms with Crippen molar-refractivity contribution in [3.8, 4) is 5.75 Å². The smallest absolute Gasteiger partial charge is 0.127 e. The summed E-state index contributed by atoms with van der Waals surface area (Å²) < 4.78 is 24.8. The number of morpholine rings is 1. The molecule has 1 unspecified atom stereocenters. The van der Waals surface area contributed by atoms with E-state index in [1.807, 2.05) is 19.9 Å². The topological polar surface area (TPSA) is 33.7 Å². The summed E-state index contributed by atoms with van der Waals surface area (Å²) in [6, 6.07) is 5.31. The Morgan fingerprint density at radius 2 is 2.04 bits per heavy atom. The molecule has 2 aliphatic rings. The summed E-state index contributed by atoms with van der Waals surface area (Å²) in [5.74, 6) is 0.412. The van der Waals surface area contributed by atoms with Gasteiger partial charge in [0.2, 0.25) is 0 Å². The molecule has 5 heteroatoms. The van der Waals surface area contributed by atoms with Gasteiger partial charge in [-0.3, -0.25) is 4.90 Å². The molecule has 4 nitrogen and oxygen atoms in total. The highest BCUT2D eigenvalue weighted by Gasteiger charge is 2.18. The Bertz CT molecular complexity index is 458. The molecule has 2 fully saturated rings. The molecule has 3 rings (SSSR count). The third-order valence-electron chi connectivity index (χ3n) is 4.14. The molecule has 2 heterocycles. The number of hydrogen-bond acceptors (Lipinski definition) is 4. The van der Waals surface area contributed by atoms with E-state index < -0.39 is 0 Å². The maximum Gasteiger partial charge on any atom is 0.127 e. The Balaban J connectivity index is 0.000000924. The minimum atomic E-state index is -0.220. The second kappa shape index (κ2) is 9.85. The zero-order valence-corrected chi connectivity index (χ0v) is 14.3. The molecule has 1 aromatic rings. The van der Waals surface area contributed by atoms with Crippen molar-refractivity contribution in [3.63, 3.8) is 0 Å². The van der Waals surface area contributed by atoms with Crippen molar-refractivity contribution >= 4 is 0 Å². The molecule has 0 spiro atoms. The molecule has 0 bridgehead atoms. The zero-order chi connectivity index (χ0) is 16.5. The van der Waals surface area contributed by atoms with E-state index in [-0.39, 0.29) is 11.9 Å². The summed E-state index contributed by atoms with van der Waals surface area (Å²) in [7, 11) is 0. The molecule has 2 saturated heterocycles. The maximum absolute atomic E-state index is 13.7. The van der Waals surface area contributed by atoms with Crippen LogP contribution in [0.5, 0.6) is 5.75 Å². The van der Waals surface area contributed by atoms with Crippen LogP contribution < -0.4 is 10.1 Å². The Hall–Kier alpha value is -1.17. The third-order valence-corrected chi connectivity index (χ3v) is 4.14. The van der Waals surface area contributed by atoms with Gasteiger partial charge < -0.3 is 14.8 Å². The Morgan fingerprint density at radius 3 is 2.74 bits per heavy atom. The molecule has 0 radical (unpaired) electrons. The van der Waals surface area contributed by atoms with Gasteiger partial charge in [0.1, 0.15) is 18.2 Å². The highest BCUT2D eigenvalue weighted by molar-refractivity contribution is 5.32. The van der Waals surface area contributed by atoms with E-state index in [9.17, 15) is 4.39 Å². The van der Waals surface area contributed by atoms with Crippen LogP contribution >= 0.6 is 0 Å². The number of nitrogens with zero attached hydrogens (tertiary/aromatic N) is 1. The van der Waals surface area contributed by atoms with E-state index in [0.29, 0.717) is 12.4 Å². The summed E-state index contributed by atoms with van der Waals surface area (Å²) in [6.07, 6.45) is 2.21. The van der Waals surface area contributed by atoms with Crippen molar-refractivity contribution in [1.82, 2.24) is 10.2 Å². The van der Waals surface area contributed by atoms with Crippen LogP contribution in [0.3, 0.4) is 0 Å². The van der Waals surface area contributed by atoms with Gasteiger partial charge in [0.25, 0.3) is 0 Å². The highest BCUT2D eigenvalue weighted by atomic mass is 19.1. The quantitative estimate of drug-likeness (QED) is 0.903. The van der Waals surface area contributed by atoms with Gasteiger partial charge in [-0.25, -0.2) is 4.39 Å². The molecule has 0 saturated carbocycles. The fourth-order valence-corrected chi connectivity index (χ4v) is 2.96. The third kappa shape index (κ3) is 5.75. The summed E-state index contributed by atoms with van der Waals surface area (Å²) >= 11 is 0. The molecule has 0 aliphatic carbocycles. The van der Waals surface area contributed by atoms with Gasteiger partial charge >= 0.3 is 0 Å². The summed E-state index contributed by atoms with van der Waals surface area (Å²) in [6.45, 7) is 9.93. The highest BCUT2D eigenvalue weighted by Crippen LogP contribution is 2.27. The van der Waals surface area contributed by atoms with E-state index in [1.165, 1.54) is 6.07 Å². The molecule has 2 aliphatic heterocycles. The van der Waals surface area contributed by atoms with Gasteiger partial charge in [0.05, 0.1) is 13.2 Å². The van der Waals surface area contributed by atoms with Crippen molar-refractivity contribution in [2.75, 3.05) is 46.0 Å². The number of rotatable bonds is 5. The van der Waals surface area contributed by atoms with Crippen LogP contribution in [0, 0.1) is 5.82 Å². The van der Waals surface area contributed by atoms with E-state index >= 15 is 0 Å². The number of ether oxygens (including phenoxy) is 2. The first kappa shape index (κ1) is 18.2. The number of benzene rings is 1. The van der Waals surface area contributed by atoms with Gasteiger partial charge in [-0.1, -0.05) is 13.8 Å². The molecular formula is C18H29FN2O2. The average molecular weight is 324 g/mol. The number of hydrogen-bond donors (Lipinski definition) is 1. The number of halogens is 1. The second-order valence-corrected chi connectivity index (χ2v) is 5.67. The van der Waals surface area contributed by atoms with Crippen molar-refractivity contribution in [1.29, 1.82) is 0 Å². The lowest BCUT2D eigenvalue weighted by atomic mass is 10.1. The van der Waals surface area contributed by atoms with Gasteiger partial charge in [-0.05, 0) is 37.1 Å². The van der Waals surface area contributed by atoms with Gasteiger partial charge in [0.15, 0.2) is 0 Å². The Morgan fingerprint density at radius 1 is 1.26 bits per heavy atom. The second-order valence-electron chi connectivity index (χ2n) is 5.67. The standard InChI is InChI=1S/C16H23FN2O2.C2H6/c17-14-10-13(16-2-1-3-18-16)11-15(12-14)21-9-6-19-4-7-20-8-5-19;1-2/h10-12,16,18H,1-9H2;1-2H3. The molecule has 130 valence electrons. The lowest BCUT2D eigenvalue weighted by Gasteiger charge is -2.26. The van der Waals surface area contributed by atoms with Crippen molar-refractivity contribution in [2.45, 2.75) is 32.7 Å². The van der Waals surface area contributed by atoms with E-state index in [1.54, 1.807) is 6.07 Å². The van der Waals surface area contributed by atoms with Gasteiger partial charge in [-0.15, -0.1) is 0 Å². The monoisotopic (exact) mass is 324 g/mol. The van der Waals surface area contributed by atoms with E-state index in [2.05, 4.69) is 10.2 Å². The summed E-state index contributed by atoms with van der Waals surface area (Å²) in [4.78, 5) is 2.31. The molecule has 23 heavy (non-hydrogen) atoms. The molecule has 0 amide bonds. The SMILES string of the molecule is CC.Fc1cc(OCCN2CCOCC2)cc(C2CCCN2)c1. The molecular weight excluding hydrogens is 295 g/mol. The van der Waals surface area contributed by atoms with E-state index in [0.717, 1.165) is 57.8 Å². The molecule has 0 aromatic heterocycles. The number of nitrogens with one attached hydrogen (secondary N) is 1. The van der Waals surface area contributed by atoms with Crippen LogP contribution in [-0.2, 0) is 4.74 Å². The molecule has 1 aromatic carbocycles. The Kier molecular flexibility index (Phi) is 7.79. The first-order chi connectivity index (χ1) is 11.3. The van der Waals surface area contributed by atoms with Crippen molar-refractivity contribution in [3.05, 3.63) is 29.6 Å². The maximum atomic E-state index is 13.7. The lowest BCUT2D eigenvalue weighted by molar-refractivity contribution is 0.0322. The van der Waals surface area contributed by atoms with Crippen LogP contribution in [0.4, 0.5) is 4.39 Å². The minimum Gasteiger partial charge on any atom is -0.492 e. The molecule has 1 atom stereocenters. The lowest BCUT2D eigenvalue weighted by Crippen LogP contribution is -2.38. The van der Waals surface area contributed by atoms with Crippen molar-refractivity contribution in [2.24, 2.45) is 0 Å².